The minimum atomic E-state index is -5.31. The predicted octanol–water partition coefficient (Wildman–Crippen LogP) is 2.56. The number of carbonyl (C=O) groups excluding carboxylic acids is 2. The van der Waals surface area contributed by atoms with E-state index < -0.39 is 18.2 Å². The summed E-state index contributed by atoms with van der Waals surface area (Å²) in [5, 5.41) is 12.5. The molecule has 1 rings (SSSR count). The van der Waals surface area contributed by atoms with Gasteiger partial charge in [0.15, 0.2) is 5.82 Å². The number of hydrazine groups is 1. The molecule has 1 N–H and O–H groups in total. The highest BCUT2D eigenvalue weighted by molar-refractivity contribution is 5.80. The Morgan fingerprint density at radius 1 is 1.39 bits per heavy atom. The van der Waals surface area contributed by atoms with Gasteiger partial charge >= 0.3 is 18.2 Å². The lowest BCUT2D eigenvalue weighted by Crippen LogP contribution is -2.54. The van der Waals surface area contributed by atoms with Gasteiger partial charge in [0, 0.05) is 25.4 Å². The van der Waals surface area contributed by atoms with Gasteiger partial charge in [0.2, 0.25) is 5.82 Å². The zero-order chi connectivity index (χ0) is 21.3. The van der Waals surface area contributed by atoms with Gasteiger partial charge in [-0.1, -0.05) is 27.2 Å². The van der Waals surface area contributed by atoms with Crippen molar-refractivity contribution in [2.75, 3.05) is 18.1 Å². The highest BCUT2D eigenvalue weighted by Crippen LogP contribution is 2.21. The van der Waals surface area contributed by atoms with Gasteiger partial charge in [0.1, 0.15) is 6.07 Å². The van der Waals surface area contributed by atoms with Crippen LogP contribution in [0.15, 0.2) is 12.3 Å². The Labute approximate surface area is 160 Å². The van der Waals surface area contributed by atoms with Crippen LogP contribution in [0, 0.1) is 17.2 Å². The lowest BCUT2D eigenvalue weighted by atomic mass is 10.2. The zero-order valence-electron chi connectivity index (χ0n) is 15.7. The van der Waals surface area contributed by atoms with Crippen molar-refractivity contribution in [2.24, 2.45) is 5.92 Å². The van der Waals surface area contributed by atoms with Gasteiger partial charge in [0.05, 0.1) is 0 Å². The minimum absolute atomic E-state index is 0.0335. The largest absolute Gasteiger partial charge is 0.493 e. The van der Waals surface area contributed by atoms with Crippen LogP contribution in [0.3, 0.4) is 0 Å². The van der Waals surface area contributed by atoms with Crippen LogP contribution in [0.5, 0.6) is 0 Å². The number of alkyl halides is 3. The number of anilines is 1. The van der Waals surface area contributed by atoms with Crippen LogP contribution in [-0.2, 0) is 9.63 Å². The fraction of sp³-hybridized carbons (Fsp3) is 0.562. The molecule has 0 fully saturated rings. The van der Waals surface area contributed by atoms with Gasteiger partial charge in [-0.2, -0.15) is 23.4 Å². The molecule has 0 saturated heterocycles. The minimum Gasteiger partial charge on any atom is -0.334 e. The Hall–Kier alpha value is -3.10. The number of urea groups is 1. The summed E-state index contributed by atoms with van der Waals surface area (Å²) in [7, 11) is 0. The maximum Gasteiger partial charge on any atom is 0.493 e. The molecule has 0 aliphatic rings. The van der Waals surface area contributed by atoms with Crippen LogP contribution in [0.25, 0.3) is 0 Å². The van der Waals surface area contributed by atoms with Crippen molar-refractivity contribution in [3.8, 4) is 6.07 Å². The summed E-state index contributed by atoms with van der Waals surface area (Å²) in [4.78, 5) is 35.7. The number of halogens is 3. The number of carbonyl (C=O) groups is 2. The summed E-state index contributed by atoms with van der Waals surface area (Å²) >= 11 is 0. The summed E-state index contributed by atoms with van der Waals surface area (Å²) in [6, 6.07) is 1.89. The molecule has 12 heteroatoms. The number of rotatable bonds is 7. The molecular weight excluding hydrogens is 381 g/mol. The first kappa shape index (κ1) is 22.9. The van der Waals surface area contributed by atoms with E-state index in [4.69, 9.17) is 5.26 Å². The summed E-state index contributed by atoms with van der Waals surface area (Å²) in [6.45, 7) is 5.46. The van der Waals surface area contributed by atoms with E-state index >= 15 is 0 Å². The van der Waals surface area contributed by atoms with Crippen molar-refractivity contribution < 1.29 is 27.6 Å². The topological polar surface area (TPSA) is 111 Å². The second-order valence-electron chi connectivity index (χ2n) is 6.06. The standard InChI is InChI=1S/C16H21F3N6O3/c1-4-5-7-22-15(27)25(28-14(26)16(17,18)19)24(10-11(2)3)13-6-8-21-12(9-20)23-13/h6,8,11H,4-5,7,10H2,1-3H3,(H,22,27). The fourth-order valence-electron chi connectivity index (χ4n) is 1.92. The predicted molar refractivity (Wildman–Crippen MR) is 91.2 cm³/mol. The van der Waals surface area contributed by atoms with Gasteiger partial charge in [-0.15, -0.1) is 0 Å². The smallest absolute Gasteiger partial charge is 0.334 e. The van der Waals surface area contributed by atoms with Crippen LogP contribution >= 0.6 is 0 Å². The van der Waals surface area contributed by atoms with E-state index in [2.05, 4.69) is 20.1 Å². The third-order valence-corrected chi connectivity index (χ3v) is 3.14. The average molecular weight is 402 g/mol. The van der Waals surface area contributed by atoms with E-state index in [0.29, 0.717) is 6.42 Å². The van der Waals surface area contributed by atoms with Gasteiger partial charge in [-0.05, 0) is 17.5 Å². The zero-order valence-corrected chi connectivity index (χ0v) is 15.7. The number of hydrogen-bond acceptors (Lipinski definition) is 7. The normalized spacial score (nSPS) is 10.9. The van der Waals surface area contributed by atoms with Crippen LogP contribution in [0.4, 0.5) is 23.8 Å². The van der Waals surface area contributed by atoms with E-state index in [9.17, 15) is 22.8 Å². The fourth-order valence-corrected chi connectivity index (χ4v) is 1.92. The number of nitrogens with zero attached hydrogens (tertiary/aromatic N) is 5. The molecule has 1 heterocycles. The molecule has 0 bridgehead atoms. The van der Waals surface area contributed by atoms with Crippen molar-refractivity contribution in [1.29, 1.82) is 5.26 Å². The molecule has 0 unspecified atom stereocenters. The van der Waals surface area contributed by atoms with E-state index in [1.807, 2.05) is 6.92 Å². The molecule has 0 aliphatic heterocycles. The number of unbranched alkanes of at least 4 members (excludes halogenated alkanes) is 1. The molecule has 0 aliphatic carbocycles. The number of nitriles is 1. The molecule has 1 aromatic rings. The average Bonchev–Trinajstić information content (AvgIpc) is 2.63. The molecule has 154 valence electrons. The van der Waals surface area contributed by atoms with E-state index in [1.54, 1.807) is 19.9 Å². The first-order chi connectivity index (χ1) is 13.1. The van der Waals surface area contributed by atoms with Crippen molar-refractivity contribution in [3.05, 3.63) is 18.1 Å². The van der Waals surface area contributed by atoms with Gasteiger partial charge in [-0.3, -0.25) is 0 Å². The van der Waals surface area contributed by atoms with Gasteiger partial charge < -0.3 is 10.2 Å². The number of nitrogens with one attached hydrogen (secondary N) is 1. The molecular formula is C16H21F3N6O3. The van der Waals surface area contributed by atoms with E-state index in [-0.39, 0.29) is 35.8 Å². The molecule has 0 atom stereocenters. The molecule has 0 aromatic carbocycles. The maximum atomic E-state index is 12.7. The number of hydroxylamine groups is 1. The van der Waals surface area contributed by atoms with Gasteiger partial charge in [0.25, 0.3) is 0 Å². The molecule has 28 heavy (non-hydrogen) atoms. The van der Waals surface area contributed by atoms with Crippen LogP contribution in [0.1, 0.15) is 39.4 Å². The Morgan fingerprint density at radius 2 is 2.07 bits per heavy atom. The third kappa shape index (κ3) is 6.90. The summed E-state index contributed by atoms with van der Waals surface area (Å²) in [6.07, 6.45) is -2.80. The Kier molecular flexibility index (Phi) is 8.43. The highest BCUT2D eigenvalue weighted by Gasteiger charge is 2.44. The second-order valence-corrected chi connectivity index (χ2v) is 6.06. The monoisotopic (exact) mass is 402 g/mol. The van der Waals surface area contributed by atoms with Crippen LogP contribution in [-0.4, -0.2) is 46.4 Å². The molecule has 0 saturated carbocycles. The summed E-state index contributed by atoms with van der Waals surface area (Å²) in [5.41, 5.74) is 0. The van der Waals surface area contributed by atoms with E-state index in [1.165, 1.54) is 12.3 Å². The number of aromatic nitrogens is 2. The SMILES string of the molecule is CCCCNC(=O)N(OC(=O)C(F)(F)F)N(CC(C)C)c1ccnc(C#N)n1. The summed E-state index contributed by atoms with van der Waals surface area (Å²) < 4.78 is 38.1. The Balaban J connectivity index is 3.29. The van der Waals surface area contributed by atoms with E-state index in [0.717, 1.165) is 11.4 Å². The molecule has 0 radical (unpaired) electrons. The maximum absolute atomic E-state index is 12.7. The molecule has 1 aromatic heterocycles. The molecule has 2 amide bonds. The molecule has 0 spiro atoms. The Morgan fingerprint density at radius 3 is 2.61 bits per heavy atom. The first-order valence-electron chi connectivity index (χ1n) is 8.47. The lowest BCUT2D eigenvalue weighted by Gasteiger charge is -2.34. The third-order valence-electron chi connectivity index (χ3n) is 3.14. The van der Waals surface area contributed by atoms with Crippen molar-refractivity contribution in [2.45, 2.75) is 39.8 Å². The van der Waals surface area contributed by atoms with Crippen LogP contribution < -0.4 is 10.3 Å². The van der Waals surface area contributed by atoms with Gasteiger partial charge in [-0.25, -0.2) is 19.6 Å². The first-order valence-corrected chi connectivity index (χ1v) is 8.47. The quantitative estimate of drug-likeness (QED) is 0.551. The van der Waals surface area contributed by atoms with Crippen molar-refractivity contribution in [1.82, 2.24) is 20.5 Å². The second kappa shape index (κ2) is 10.3. The van der Waals surface area contributed by atoms with Crippen molar-refractivity contribution in [3.63, 3.8) is 0 Å². The highest BCUT2D eigenvalue weighted by atomic mass is 19.4. The lowest BCUT2D eigenvalue weighted by molar-refractivity contribution is -0.230. The Bertz CT molecular complexity index is 720. The van der Waals surface area contributed by atoms with Crippen LogP contribution in [0.2, 0.25) is 0 Å². The van der Waals surface area contributed by atoms with Crippen molar-refractivity contribution >= 4 is 17.8 Å². The summed E-state index contributed by atoms with van der Waals surface area (Å²) in [5.74, 6) is -3.09. The number of hydrogen-bond donors (Lipinski definition) is 1. The number of amides is 2. The molecule has 9 nitrogen and oxygen atoms in total.